The smallest absolute Gasteiger partial charge is 0.157 e. The highest BCUT2D eigenvalue weighted by molar-refractivity contribution is 7.92. The number of rotatable bonds is 0. The van der Waals surface area contributed by atoms with E-state index in [2.05, 4.69) is 0 Å². The summed E-state index contributed by atoms with van der Waals surface area (Å²) in [6.07, 6.45) is 3.25. The molecule has 1 aliphatic heterocycles. The molecule has 2 aliphatic rings. The van der Waals surface area contributed by atoms with E-state index in [1.807, 2.05) is 0 Å². The standard InChI is InChI=1S/C7H10O2S/c8-10(9)4-6-2-1-3-7(6)5-10/h1-5H2. The molecule has 0 bridgehead atoms. The predicted molar refractivity (Wildman–Crippen MR) is 39.5 cm³/mol. The minimum absolute atomic E-state index is 0.363. The van der Waals surface area contributed by atoms with Gasteiger partial charge in [0.2, 0.25) is 0 Å². The van der Waals surface area contributed by atoms with Gasteiger partial charge in [0.05, 0.1) is 11.5 Å². The molecule has 0 unspecified atom stereocenters. The van der Waals surface area contributed by atoms with Crippen LogP contribution >= 0.6 is 0 Å². The normalized spacial score (nSPS) is 29.2. The van der Waals surface area contributed by atoms with Crippen LogP contribution in [0, 0.1) is 0 Å². The summed E-state index contributed by atoms with van der Waals surface area (Å²) in [5.74, 6) is 0.727. The van der Waals surface area contributed by atoms with Crippen LogP contribution in [-0.2, 0) is 9.84 Å². The molecule has 56 valence electrons. The summed E-state index contributed by atoms with van der Waals surface area (Å²) < 4.78 is 22.0. The fourth-order valence-corrected chi connectivity index (χ4v) is 3.66. The number of hydrogen-bond acceptors (Lipinski definition) is 2. The van der Waals surface area contributed by atoms with Gasteiger partial charge in [0.1, 0.15) is 0 Å². The Bertz CT molecular complexity index is 263. The van der Waals surface area contributed by atoms with E-state index in [4.69, 9.17) is 0 Å². The SMILES string of the molecule is O=S1(=O)CC2=C(CCC2)C1. The largest absolute Gasteiger partial charge is 0.228 e. The maximum atomic E-state index is 11.0. The zero-order chi connectivity index (χ0) is 7.19. The van der Waals surface area contributed by atoms with Crippen molar-refractivity contribution in [2.75, 3.05) is 11.5 Å². The quantitative estimate of drug-likeness (QED) is 0.491. The van der Waals surface area contributed by atoms with E-state index >= 15 is 0 Å². The molecule has 0 saturated heterocycles. The minimum Gasteiger partial charge on any atom is -0.228 e. The van der Waals surface area contributed by atoms with Gasteiger partial charge in [-0.3, -0.25) is 0 Å². The third kappa shape index (κ3) is 0.888. The molecule has 0 amide bonds. The highest BCUT2D eigenvalue weighted by Crippen LogP contribution is 2.33. The molecular weight excluding hydrogens is 148 g/mol. The van der Waals surface area contributed by atoms with E-state index in [-0.39, 0.29) is 0 Å². The minimum atomic E-state index is -2.68. The van der Waals surface area contributed by atoms with Crippen LogP contribution in [-0.4, -0.2) is 19.9 Å². The van der Waals surface area contributed by atoms with Crippen molar-refractivity contribution in [3.05, 3.63) is 11.1 Å². The summed E-state index contributed by atoms with van der Waals surface area (Å²) in [6, 6.07) is 0. The Balaban J connectivity index is 2.33. The molecule has 1 aliphatic carbocycles. The first-order valence-corrected chi connectivity index (χ1v) is 5.40. The monoisotopic (exact) mass is 158 g/mol. The highest BCUT2D eigenvalue weighted by atomic mass is 32.2. The third-order valence-electron chi connectivity index (χ3n) is 2.25. The maximum Gasteiger partial charge on any atom is 0.157 e. The van der Waals surface area contributed by atoms with Gasteiger partial charge in [0.15, 0.2) is 9.84 Å². The molecule has 10 heavy (non-hydrogen) atoms. The van der Waals surface area contributed by atoms with E-state index in [9.17, 15) is 8.42 Å². The van der Waals surface area contributed by atoms with Crippen molar-refractivity contribution in [1.29, 1.82) is 0 Å². The zero-order valence-corrected chi connectivity index (χ0v) is 6.58. The Kier molecular flexibility index (Phi) is 1.18. The summed E-state index contributed by atoms with van der Waals surface area (Å²) >= 11 is 0. The van der Waals surface area contributed by atoms with Gasteiger partial charge in [-0.15, -0.1) is 0 Å². The average molecular weight is 158 g/mol. The molecule has 0 aromatic heterocycles. The summed E-state index contributed by atoms with van der Waals surface area (Å²) in [5, 5.41) is 0. The van der Waals surface area contributed by atoms with E-state index in [1.54, 1.807) is 0 Å². The Labute approximate surface area is 60.9 Å². The van der Waals surface area contributed by atoms with Crippen LogP contribution in [0.25, 0.3) is 0 Å². The molecular formula is C7H10O2S. The van der Waals surface area contributed by atoms with Gasteiger partial charge < -0.3 is 0 Å². The van der Waals surface area contributed by atoms with Crippen LogP contribution in [0.2, 0.25) is 0 Å². The molecule has 0 saturated carbocycles. The Morgan fingerprint density at radius 2 is 1.50 bits per heavy atom. The van der Waals surface area contributed by atoms with Gasteiger partial charge in [-0.1, -0.05) is 11.1 Å². The predicted octanol–water partition coefficient (Wildman–Crippen LogP) is 0.895. The van der Waals surface area contributed by atoms with Crippen molar-refractivity contribution in [2.45, 2.75) is 19.3 Å². The van der Waals surface area contributed by atoms with Crippen LogP contribution in [0.4, 0.5) is 0 Å². The highest BCUT2D eigenvalue weighted by Gasteiger charge is 2.29. The molecule has 0 fully saturated rings. The van der Waals surface area contributed by atoms with Gasteiger partial charge in [-0.25, -0.2) is 8.42 Å². The van der Waals surface area contributed by atoms with E-state index in [1.165, 1.54) is 17.6 Å². The van der Waals surface area contributed by atoms with E-state index in [0.29, 0.717) is 11.5 Å². The third-order valence-corrected chi connectivity index (χ3v) is 3.82. The van der Waals surface area contributed by atoms with Gasteiger partial charge >= 0.3 is 0 Å². The molecule has 0 N–H and O–H groups in total. The lowest BCUT2D eigenvalue weighted by atomic mass is 10.2. The van der Waals surface area contributed by atoms with Crippen molar-refractivity contribution < 1.29 is 8.42 Å². The lowest BCUT2D eigenvalue weighted by molar-refractivity contribution is 0.601. The second kappa shape index (κ2) is 1.84. The first-order valence-electron chi connectivity index (χ1n) is 3.57. The molecule has 0 radical (unpaired) electrons. The lowest BCUT2D eigenvalue weighted by Gasteiger charge is -1.94. The summed E-state index contributed by atoms with van der Waals surface area (Å²) in [5.41, 5.74) is 2.44. The van der Waals surface area contributed by atoms with E-state index in [0.717, 1.165) is 12.8 Å². The van der Waals surface area contributed by atoms with Crippen LogP contribution in [0.15, 0.2) is 11.1 Å². The fourth-order valence-electron chi connectivity index (χ4n) is 1.80. The maximum absolute atomic E-state index is 11.0. The van der Waals surface area contributed by atoms with Gasteiger partial charge in [0, 0.05) is 0 Å². The summed E-state index contributed by atoms with van der Waals surface area (Å²) in [4.78, 5) is 0. The second-order valence-electron chi connectivity index (χ2n) is 3.09. The first-order chi connectivity index (χ1) is 4.67. The van der Waals surface area contributed by atoms with Crippen molar-refractivity contribution in [2.24, 2.45) is 0 Å². The second-order valence-corrected chi connectivity index (χ2v) is 5.16. The molecule has 0 atom stereocenters. The van der Waals surface area contributed by atoms with Crippen molar-refractivity contribution in [3.8, 4) is 0 Å². The van der Waals surface area contributed by atoms with Crippen molar-refractivity contribution in [3.63, 3.8) is 0 Å². The molecule has 3 heteroatoms. The average Bonchev–Trinajstić information content (AvgIpc) is 2.20. The molecule has 2 rings (SSSR count). The Hall–Kier alpha value is -0.310. The molecule has 0 aromatic carbocycles. The van der Waals surface area contributed by atoms with Crippen LogP contribution < -0.4 is 0 Å². The zero-order valence-electron chi connectivity index (χ0n) is 5.76. The Morgan fingerprint density at radius 3 is 2.00 bits per heavy atom. The van der Waals surface area contributed by atoms with Gasteiger partial charge in [-0.2, -0.15) is 0 Å². The van der Waals surface area contributed by atoms with Gasteiger partial charge in [0.25, 0.3) is 0 Å². The first kappa shape index (κ1) is 6.40. The van der Waals surface area contributed by atoms with Crippen LogP contribution in [0.1, 0.15) is 19.3 Å². The molecule has 2 nitrogen and oxygen atoms in total. The van der Waals surface area contributed by atoms with Crippen molar-refractivity contribution in [1.82, 2.24) is 0 Å². The summed E-state index contributed by atoms with van der Waals surface area (Å²) in [6.45, 7) is 0. The lowest BCUT2D eigenvalue weighted by Crippen LogP contribution is -2.04. The number of hydrogen-bond donors (Lipinski definition) is 0. The number of sulfone groups is 1. The van der Waals surface area contributed by atoms with Crippen LogP contribution in [0.3, 0.4) is 0 Å². The van der Waals surface area contributed by atoms with Gasteiger partial charge in [-0.05, 0) is 19.3 Å². The Morgan fingerprint density at radius 1 is 1.00 bits per heavy atom. The fraction of sp³-hybridized carbons (Fsp3) is 0.714. The molecule has 0 spiro atoms. The topological polar surface area (TPSA) is 34.1 Å². The molecule has 1 heterocycles. The van der Waals surface area contributed by atoms with E-state index < -0.39 is 9.84 Å². The van der Waals surface area contributed by atoms with Crippen LogP contribution in [0.5, 0.6) is 0 Å². The molecule has 0 aromatic rings. The summed E-state index contributed by atoms with van der Waals surface area (Å²) in [7, 11) is -2.68. The van der Waals surface area contributed by atoms with Crippen molar-refractivity contribution >= 4 is 9.84 Å².